The summed E-state index contributed by atoms with van der Waals surface area (Å²) in [6.07, 6.45) is 0.114. The lowest BCUT2D eigenvalue weighted by molar-refractivity contribution is 0.0947. The molecule has 1 unspecified atom stereocenters. The van der Waals surface area contributed by atoms with E-state index in [1.807, 2.05) is 26.2 Å². The van der Waals surface area contributed by atoms with Crippen LogP contribution < -0.4 is 10.1 Å². The molecule has 1 heterocycles. The zero-order chi connectivity index (χ0) is 25.1. The van der Waals surface area contributed by atoms with Gasteiger partial charge in [0.05, 0.1) is 33.0 Å². The van der Waals surface area contributed by atoms with Crippen LogP contribution in [0.25, 0.3) is 0 Å². The fraction of sp³-hybridized carbons (Fsp3) is 0.360. The first-order valence-corrected chi connectivity index (χ1v) is 13.1. The molecule has 0 aliphatic carbocycles. The van der Waals surface area contributed by atoms with Crippen LogP contribution in [0.3, 0.4) is 0 Å². The standard InChI is InChI=1S/C25H30N2O5S2/c1-24(2,3)21-15-33-22(27-21)14-25(4,16-26-23(29)19-8-6-7-9-20(19)28)34(30,31)18-12-10-17(32-5)11-13-18/h6-13,15,28H,14,16H2,1-5H3,(H,26,29). The molecule has 9 heteroatoms. The molecule has 0 fully saturated rings. The Morgan fingerprint density at radius 1 is 1.09 bits per heavy atom. The second-order valence-corrected chi connectivity index (χ2v) is 12.8. The van der Waals surface area contributed by atoms with Gasteiger partial charge in [0.2, 0.25) is 0 Å². The minimum absolute atomic E-state index is 0.0796. The summed E-state index contributed by atoms with van der Waals surface area (Å²) < 4.78 is 31.4. The Bertz CT molecular complexity index is 1260. The van der Waals surface area contributed by atoms with Crippen LogP contribution in [-0.2, 0) is 21.7 Å². The number of phenolic OH excluding ortho intramolecular Hbond substituents is 1. The van der Waals surface area contributed by atoms with Gasteiger partial charge in [-0.25, -0.2) is 13.4 Å². The Labute approximate surface area is 204 Å². The first-order chi connectivity index (χ1) is 15.9. The number of hydrogen-bond donors (Lipinski definition) is 2. The second-order valence-electron chi connectivity index (χ2n) is 9.38. The largest absolute Gasteiger partial charge is 0.507 e. The van der Waals surface area contributed by atoms with Crippen molar-refractivity contribution < 1.29 is 23.1 Å². The molecule has 0 aliphatic rings. The predicted octanol–water partition coefficient (Wildman–Crippen LogP) is 4.36. The monoisotopic (exact) mass is 502 g/mol. The number of aromatic nitrogens is 1. The molecule has 182 valence electrons. The average molecular weight is 503 g/mol. The Morgan fingerprint density at radius 2 is 1.74 bits per heavy atom. The Morgan fingerprint density at radius 3 is 2.29 bits per heavy atom. The fourth-order valence-corrected chi connectivity index (χ4v) is 6.33. The third-order valence-electron chi connectivity index (χ3n) is 5.64. The number of phenols is 1. The van der Waals surface area contributed by atoms with Crippen molar-refractivity contribution >= 4 is 27.1 Å². The Hall–Kier alpha value is -2.91. The van der Waals surface area contributed by atoms with Crippen molar-refractivity contribution in [2.45, 2.75) is 49.2 Å². The van der Waals surface area contributed by atoms with Gasteiger partial charge in [-0.2, -0.15) is 0 Å². The van der Waals surface area contributed by atoms with E-state index in [1.165, 1.54) is 42.7 Å². The summed E-state index contributed by atoms with van der Waals surface area (Å²) in [6, 6.07) is 12.3. The number of carbonyl (C=O) groups is 1. The van der Waals surface area contributed by atoms with E-state index in [-0.39, 0.29) is 34.6 Å². The van der Waals surface area contributed by atoms with Crippen LogP contribution in [0.2, 0.25) is 0 Å². The van der Waals surface area contributed by atoms with Gasteiger partial charge < -0.3 is 15.2 Å². The number of benzene rings is 2. The van der Waals surface area contributed by atoms with Crippen molar-refractivity contribution in [2.24, 2.45) is 0 Å². The number of rotatable bonds is 8. The van der Waals surface area contributed by atoms with Gasteiger partial charge in [-0.3, -0.25) is 4.79 Å². The number of methoxy groups -OCH3 is 1. The maximum Gasteiger partial charge on any atom is 0.255 e. The molecule has 0 saturated carbocycles. The summed E-state index contributed by atoms with van der Waals surface area (Å²) in [6.45, 7) is 7.58. The third-order valence-corrected chi connectivity index (χ3v) is 8.96. The molecule has 1 amide bonds. The summed E-state index contributed by atoms with van der Waals surface area (Å²) in [5.41, 5.74) is 0.796. The molecule has 0 radical (unpaired) electrons. The van der Waals surface area contributed by atoms with Crippen molar-refractivity contribution in [1.29, 1.82) is 0 Å². The lowest BCUT2D eigenvalue weighted by Gasteiger charge is -2.29. The van der Waals surface area contributed by atoms with E-state index in [0.717, 1.165) is 5.69 Å². The maximum absolute atomic E-state index is 13.8. The number of amides is 1. The van der Waals surface area contributed by atoms with Crippen molar-refractivity contribution in [3.8, 4) is 11.5 Å². The lowest BCUT2D eigenvalue weighted by atomic mass is 9.93. The molecule has 0 bridgehead atoms. The van der Waals surface area contributed by atoms with Crippen LogP contribution in [0.5, 0.6) is 11.5 Å². The predicted molar refractivity (Wildman–Crippen MR) is 134 cm³/mol. The van der Waals surface area contributed by atoms with Crippen LogP contribution in [0, 0.1) is 0 Å². The molecule has 2 N–H and O–H groups in total. The first-order valence-electron chi connectivity index (χ1n) is 10.8. The number of hydrogen-bond acceptors (Lipinski definition) is 7. The van der Waals surface area contributed by atoms with Crippen LogP contribution in [0.4, 0.5) is 0 Å². The van der Waals surface area contributed by atoms with Crippen LogP contribution in [0.1, 0.15) is 48.8 Å². The van der Waals surface area contributed by atoms with E-state index in [0.29, 0.717) is 10.8 Å². The van der Waals surface area contributed by atoms with E-state index in [9.17, 15) is 18.3 Å². The zero-order valence-electron chi connectivity index (χ0n) is 20.0. The number of sulfone groups is 1. The Balaban J connectivity index is 1.96. The van der Waals surface area contributed by atoms with Crippen LogP contribution >= 0.6 is 11.3 Å². The van der Waals surface area contributed by atoms with Crippen LogP contribution in [-0.4, -0.2) is 42.8 Å². The number of ether oxygens (including phenoxy) is 1. The number of aromatic hydroxyl groups is 1. The summed E-state index contributed by atoms with van der Waals surface area (Å²) in [7, 11) is -2.39. The van der Waals surface area contributed by atoms with Gasteiger partial charge in [0.1, 0.15) is 11.5 Å². The summed E-state index contributed by atoms with van der Waals surface area (Å²) in [5, 5.41) is 15.3. The first kappa shape index (κ1) is 25.7. The summed E-state index contributed by atoms with van der Waals surface area (Å²) in [5.74, 6) is -0.179. The highest BCUT2D eigenvalue weighted by atomic mass is 32.2. The van der Waals surface area contributed by atoms with Crippen molar-refractivity contribution in [3.63, 3.8) is 0 Å². The SMILES string of the molecule is COc1ccc(S(=O)(=O)C(C)(CNC(=O)c2ccccc2O)Cc2nc(C(C)(C)C)cs2)cc1. The Kier molecular flexibility index (Phi) is 7.38. The van der Waals surface area contributed by atoms with E-state index >= 15 is 0 Å². The minimum atomic E-state index is -3.90. The summed E-state index contributed by atoms with van der Waals surface area (Å²) in [4.78, 5) is 17.6. The number of nitrogens with one attached hydrogen (secondary N) is 1. The lowest BCUT2D eigenvalue weighted by Crippen LogP contribution is -2.48. The number of carbonyl (C=O) groups excluding carboxylic acids is 1. The molecule has 0 spiro atoms. The molecule has 2 aromatic carbocycles. The molecule has 3 aromatic rings. The highest BCUT2D eigenvalue weighted by Crippen LogP contribution is 2.33. The zero-order valence-corrected chi connectivity index (χ0v) is 21.6. The highest BCUT2D eigenvalue weighted by molar-refractivity contribution is 7.92. The molecular weight excluding hydrogens is 472 g/mol. The molecule has 7 nitrogen and oxygen atoms in total. The van der Waals surface area contributed by atoms with Gasteiger partial charge in [-0.05, 0) is 43.3 Å². The number of para-hydroxylation sites is 1. The molecule has 1 atom stereocenters. The van der Waals surface area contributed by atoms with E-state index in [2.05, 4.69) is 10.3 Å². The normalized spacial score (nSPS) is 13.8. The van der Waals surface area contributed by atoms with E-state index in [1.54, 1.807) is 31.2 Å². The number of nitrogens with zero attached hydrogens (tertiary/aromatic N) is 1. The van der Waals surface area contributed by atoms with Crippen LogP contribution in [0.15, 0.2) is 58.8 Å². The van der Waals surface area contributed by atoms with Gasteiger partial charge in [0, 0.05) is 23.8 Å². The topological polar surface area (TPSA) is 106 Å². The van der Waals surface area contributed by atoms with Gasteiger partial charge in [0.15, 0.2) is 9.84 Å². The highest BCUT2D eigenvalue weighted by Gasteiger charge is 2.42. The van der Waals surface area contributed by atoms with Gasteiger partial charge in [-0.15, -0.1) is 11.3 Å². The molecule has 3 rings (SSSR count). The third kappa shape index (κ3) is 5.42. The molecule has 0 saturated heterocycles. The average Bonchev–Trinajstić information content (AvgIpc) is 3.26. The fourth-order valence-electron chi connectivity index (χ4n) is 3.38. The van der Waals surface area contributed by atoms with Gasteiger partial charge in [0.25, 0.3) is 5.91 Å². The minimum Gasteiger partial charge on any atom is -0.507 e. The summed E-state index contributed by atoms with van der Waals surface area (Å²) >= 11 is 1.41. The van der Waals surface area contributed by atoms with E-state index < -0.39 is 20.5 Å². The number of thiazole rings is 1. The molecule has 1 aromatic heterocycles. The molecule has 0 aliphatic heterocycles. The quantitative estimate of drug-likeness (QED) is 0.474. The smallest absolute Gasteiger partial charge is 0.255 e. The van der Waals surface area contributed by atoms with Gasteiger partial charge in [-0.1, -0.05) is 32.9 Å². The van der Waals surface area contributed by atoms with Crippen molar-refractivity contribution in [3.05, 3.63) is 70.2 Å². The molecule has 34 heavy (non-hydrogen) atoms. The second kappa shape index (κ2) is 9.76. The van der Waals surface area contributed by atoms with Crippen molar-refractivity contribution in [1.82, 2.24) is 10.3 Å². The van der Waals surface area contributed by atoms with Gasteiger partial charge >= 0.3 is 0 Å². The maximum atomic E-state index is 13.8. The molecular formula is C25H30N2O5S2. The van der Waals surface area contributed by atoms with Crippen molar-refractivity contribution in [2.75, 3.05) is 13.7 Å². The van der Waals surface area contributed by atoms with E-state index in [4.69, 9.17) is 4.74 Å².